The van der Waals surface area contributed by atoms with Gasteiger partial charge in [-0.1, -0.05) is 19.8 Å². The summed E-state index contributed by atoms with van der Waals surface area (Å²) in [6, 6.07) is 4.74. The lowest BCUT2D eigenvalue weighted by Gasteiger charge is -2.53. The number of imide groups is 2. The molecule has 2 fully saturated rings. The average Bonchev–Trinajstić information content (AvgIpc) is 2.97. The molecule has 0 aromatic heterocycles. The zero-order chi connectivity index (χ0) is 23.3. The SMILES string of the molecule is CCC(=O)Nc1ccc2c(c1)CC1(C(=O)NC(=O)N(C(C)(C)C)C1=O)C1CCCCCN21. The number of nitrogens with one attached hydrogen (secondary N) is 2. The van der Waals surface area contributed by atoms with Crippen molar-refractivity contribution in [3.8, 4) is 0 Å². The van der Waals surface area contributed by atoms with Crippen LogP contribution >= 0.6 is 0 Å². The van der Waals surface area contributed by atoms with E-state index in [9.17, 15) is 19.2 Å². The van der Waals surface area contributed by atoms with E-state index in [1.165, 1.54) is 4.90 Å². The maximum atomic E-state index is 14.0. The highest BCUT2D eigenvalue weighted by atomic mass is 16.2. The third-order valence-corrected chi connectivity index (χ3v) is 6.87. The van der Waals surface area contributed by atoms with Gasteiger partial charge in [-0.25, -0.2) is 4.79 Å². The van der Waals surface area contributed by atoms with Gasteiger partial charge in [0.25, 0.3) is 0 Å². The topological polar surface area (TPSA) is 98.8 Å². The van der Waals surface area contributed by atoms with Crippen LogP contribution in [0, 0.1) is 5.41 Å². The summed E-state index contributed by atoms with van der Waals surface area (Å²) in [7, 11) is 0. The molecule has 2 saturated heterocycles. The quantitative estimate of drug-likeness (QED) is 0.688. The Labute approximate surface area is 188 Å². The molecule has 1 spiro atoms. The fourth-order valence-electron chi connectivity index (χ4n) is 5.37. The maximum Gasteiger partial charge on any atom is 0.331 e. The molecular weight excluding hydrogens is 408 g/mol. The van der Waals surface area contributed by atoms with Gasteiger partial charge >= 0.3 is 6.03 Å². The summed E-state index contributed by atoms with van der Waals surface area (Å²) in [5.74, 6) is -1.04. The lowest BCUT2D eigenvalue weighted by atomic mass is 9.67. The fraction of sp³-hybridized carbons (Fsp3) is 0.583. The molecule has 5 amide bonds. The van der Waals surface area contributed by atoms with Gasteiger partial charge in [-0.05, 0) is 63.8 Å². The van der Waals surface area contributed by atoms with Crippen molar-refractivity contribution in [3.05, 3.63) is 23.8 Å². The Morgan fingerprint density at radius 2 is 1.94 bits per heavy atom. The molecule has 8 nitrogen and oxygen atoms in total. The van der Waals surface area contributed by atoms with E-state index >= 15 is 0 Å². The lowest BCUT2D eigenvalue weighted by molar-refractivity contribution is -0.157. The van der Waals surface area contributed by atoms with Crippen LogP contribution in [0.25, 0.3) is 0 Å². The average molecular weight is 441 g/mol. The van der Waals surface area contributed by atoms with Crippen LogP contribution in [-0.2, 0) is 20.8 Å². The summed E-state index contributed by atoms with van der Waals surface area (Å²) in [5.41, 5.74) is 0.333. The largest absolute Gasteiger partial charge is 0.367 e. The molecule has 4 rings (SSSR count). The van der Waals surface area contributed by atoms with Crippen LogP contribution < -0.4 is 15.5 Å². The van der Waals surface area contributed by atoms with E-state index in [4.69, 9.17) is 0 Å². The number of barbiturate groups is 1. The van der Waals surface area contributed by atoms with E-state index in [0.29, 0.717) is 18.5 Å². The van der Waals surface area contributed by atoms with Gasteiger partial charge in [-0.15, -0.1) is 0 Å². The molecule has 0 bridgehead atoms. The zero-order valence-electron chi connectivity index (χ0n) is 19.3. The smallest absolute Gasteiger partial charge is 0.331 e. The van der Waals surface area contributed by atoms with Gasteiger partial charge in [0.2, 0.25) is 17.7 Å². The number of carbonyl (C=O) groups is 4. The number of urea groups is 1. The molecule has 0 saturated carbocycles. The van der Waals surface area contributed by atoms with Crippen molar-refractivity contribution in [2.75, 3.05) is 16.8 Å². The first-order valence-corrected chi connectivity index (χ1v) is 11.5. The Morgan fingerprint density at radius 1 is 1.19 bits per heavy atom. The van der Waals surface area contributed by atoms with Gasteiger partial charge in [0.1, 0.15) is 0 Å². The molecule has 172 valence electrons. The van der Waals surface area contributed by atoms with Crippen LogP contribution in [0.3, 0.4) is 0 Å². The van der Waals surface area contributed by atoms with Gasteiger partial charge < -0.3 is 10.2 Å². The molecule has 1 aromatic rings. The van der Waals surface area contributed by atoms with Crippen molar-refractivity contribution >= 4 is 35.1 Å². The molecule has 3 heterocycles. The first-order chi connectivity index (χ1) is 15.1. The van der Waals surface area contributed by atoms with Crippen molar-refractivity contribution in [1.29, 1.82) is 0 Å². The number of nitrogens with zero attached hydrogens (tertiary/aromatic N) is 2. The van der Waals surface area contributed by atoms with Gasteiger partial charge in [0.05, 0.1) is 6.04 Å². The standard InChI is InChI=1S/C24H32N4O4/c1-5-19(29)25-16-10-11-17-15(13-16)14-24(18-9-7-6-8-12-27(17)18)20(30)26-22(32)28(21(24)31)23(2,3)4/h10-11,13,18H,5-9,12,14H2,1-4H3,(H,25,29)(H,26,30,32). The van der Waals surface area contributed by atoms with Crippen LogP contribution in [-0.4, -0.2) is 46.8 Å². The number of benzene rings is 1. The van der Waals surface area contributed by atoms with E-state index in [0.717, 1.165) is 37.1 Å². The molecule has 2 unspecified atom stereocenters. The minimum absolute atomic E-state index is 0.0980. The predicted octanol–water partition coefficient (Wildman–Crippen LogP) is 3.20. The summed E-state index contributed by atoms with van der Waals surface area (Å²) in [4.78, 5) is 55.5. The number of rotatable bonds is 2. The normalized spacial score (nSPS) is 25.8. The molecule has 0 aliphatic carbocycles. The van der Waals surface area contributed by atoms with Gasteiger partial charge in [0.15, 0.2) is 5.41 Å². The molecular formula is C24H32N4O4. The van der Waals surface area contributed by atoms with Gasteiger partial charge in [-0.3, -0.25) is 24.6 Å². The molecule has 0 radical (unpaired) electrons. The van der Waals surface area contributed by atoms with E-state index in [2.05, 4.69) is 15.5 Å². The van der Waals surface area contributed by atoms with Crippen molar-refractivity contribution in [2.45, 2.75) is 77.8 Å². The first-order valence-electron chi connectivity index (χ1n) is 11.5. The number of anilines is 2. The van der Waals surface area contributed by atoms with Crippen molar-refractivity contribution < 1.29 is 19.2 Å². The number of amides is 5. The number of carbonyl (C=O) groups excluding carboxylic acids is 4. The van der Waals surface area contributed by atoms with Crippen LogP contribution in [0.1, 0.15) is 65.4 Å². The summed E-state index contributed by atoms with van der Waals surface area (Å²) < 4.78 is 0. The molecule has 2 atom stereocenters. The second-order valence-electron chi connectivity index (χ2n) is 10.0. The Balaban J connectivity index is 1.86. The molecule has 32 heavy (non-hydrogen) atoms. The van der Waals surface area contributed by atoms with Crippen LogP contribution in [0.15, 0.2) is 18.2 Å². The molecule has 3 aliphatic heterocycles. The van der Waals surface area contributed by atoms with Crippen molar-refractivity contribution in [1.82, 2.24) is 10.2 Å². The highest BCUT2D eigenvalue weighted by Gasteiger charge is 2.63. The Kier molecular flexibility index (Phi) is 5.51. The van der Waals surface area contributed by atoms with Gasteiger partial charge in [-0.2, -0.15) is 0 Å². The summed E-state index contributed by atoms with van der Waals surface area (Å²) in [6.45, 7) is 7.92. The minimum atomic E-state index is -1.38. The summed E-state index contributed by atoms with van der Waals surface area (Å²) >= 11 is 0. The van der Waals surface area contributed by atoms with Crippen LogP contribution in [0.2, 0.25) is 0 Å². The highest BCUT2D eigenvalue weighted by molar-refractivity contribution is 6.20. The third kappa shape index (κ3) is 3.45. The zero-order valence-corrected chi connectivity index (χ0v) is 19.3. The van der Waals surface area contributed by atoms with Crippen molar-refractivity contribution in [3.63, 3.8) is 0 Å². The van der Waals surface area contributed by atoms with Crippen molar-refractivity contribution in [2.24, 2.45) is 5.41 Å². The van der Waals surface area contributed by atoms with Gasteiger partial charge in [0, 0.05) is 29.9 Å². The molecule has 3 aliphatic rings. The van der Waals surface area contributed by atoms with E-state index in [-0.39, 0.29) is 18.4 Å². The molecule has 8 heteroatoms. The Hall–Kier alpha value is -2.90. The van der Waals surface area contributed by atoms with E-state index in [1.807, 2.05) is 18.2 Å². The summed E-state index contributed by atoms with van der Waals surface area (Å²) in [5, 5.41) is 5.37. The molecule has 2 N–H and O–H groups in total. The number of hydrogen-bond acceptors (Lipinski definition) is 5. The first kappa shape index (κ1) is 22.3. The summed E-state index contributed by atoms with van der Waals surface area (Å²) in [6.07, 6.45) is 4.19. The predicted molar refractivity (Wildman–Crippen MR) is 121 cm³/mol. The van der Waals surface area contributed by atoms with E-state index < -0.39 is 28.8 Å². The number of fused-ring (bicyclic) bond motifs is 4. The Morgan fingerprint density at radius 3 is 2.62 bits per heavy atom. The lowest BCUT2D eigenvalue weighted by Crippen LogP contribution is -2.74. The highest BCUT2D eigenvalue weighted by Crippen LogP contribution is 2.48. The second-order valence-corrected chi connectivity index (χ2v) is 10.0. The third-order valence-electron chi connectivity index (χ3n) is 6.87. The number of hydrogen-bond donors (Lipinski definition) is 2. The van der Waals surface area contributed by atoms with Crippen LogP contribution in [0.5, 0.6) is 0 Å². The van der Waals surface area contributed by atoms with Crippen LogP contribution in [0.4, 0.5) is 16.2 Å². The second kappa shape index (κ2) is 7.90. The molecule has 1 aromatic carbocycles. The monoisotopic (exact) mass is 440 g/mol. The Bertz CT molecular complexity index is 983. The fourth-order valence-corrected chi connectivity index (χ4v) is 5.37. The maximum absolute atomic E-state index is 14.0. The minimum Gasteiger partial charge on any atom is -0.367 e. The van der Waals surface area contributed by atoms with E-state index in [1.54, 1.807) is 27.7 Å².